The van der Waals surface area contributed by atoms with E-state index in [1.165, 1.54) is 6.07 Å². The third kappa shape index (κ3) is 5.88. The van der Waals surface area contributed by atoms with Crippen molar-refractivity contribution in [1.82, 2.24) is 9.62 Å². The van der Waals surface area contributed by atoms with E-state index >= 15 is 0 Å². The standard InChI is InChI=1S/C20H27N3O4S2/c1-5-23(6-2)20(25)15-9-11-16(12-10-15)21-19(24)18(14(3)4)22-29(26,27)17-8-7-13-28-17/h7-14,18,22H,5-6H2,1-4H3,(H,21,24)/t18-/m0/s1. The van der Waals surface area contributed by atoms with Crippen LogP contribution in [-0.4, -0.2) is 44.3 Å². The van der Waals surface area contributed by atoms with Crippen LogP contribution < -0.4 is 10.0 Å². The monoisotopic (exact) mass is 437 g/mol. The first kappa shape index (κ1) is 23.1. The van der Waals surface area contributed by atoms with E-state index in [4.69, 9.17) is 0 Å². The third-order valence-corrected chi connectivity index (χ3v) is 7.28. The van der Waals surface area contributed by atoms with Gasteiger partial charge in [-0.2, -0.15) is 4.72 Å². The summed E-state index contributed by atoms with van der Waals surface area (Å²) in [6.07, 6.45) is 0. The molecule has 1 aromatic carbocycles. The molecule has 2 amide bonds. The molecule has 0 aliphatic rings. The van der Waals surface area contributed by atoms with Crippen molar-refractivity contribution in [2.24, 2.45) is 5.92 Å². The Kier molecular flexibility index (Phi) is 7.95. The Bertz CT molecular complexity index is 919. The van der Waals surface area contributed by atoms with Crippen molar-refractivity contribution in [1.29, 1.82) is 0 Å². The highest BCUT2D eigenvalue weighted by Crippen LogP contribution is 2.18. The van der Waals surface area contributed by atoms with Gasteiger partial charge in [-0.1, -0.05) is 19.9 Å². The van der Waals surface area contributed by atoms with E-state index in [0.29, 0.717) is 24.3 Å². The van der Waals surface area contributed by atoms with Gasteiger partial charge in [-0.05, 0) is 55.5 Å². The van der Waals surface area contributed by atoms with Crippen molar-refractivity contribution >= 4 is 38.9 Å². The van der Waals surface area contributed by atoms with Gasteiger partial charge < -0.3 is 10.2 Å². The fourth-order valence-corrected chi connectivity index (χ4v) is 5.10. The first-order valence-electron chi connectivity index (χ1n) is 9.45. The van der Waals surface area contributed by atoms with Crippen LogP contribution in [0.1, 0.15) is 38.1 Å². The summed E-state index contributed by atoms with van der Waals surface area (Å²) in [6.45, 7) is 8.61. The van der Waals surface area contributed by atoms with Crippen molar-refractivity contribution < 1.29 is 18.0 Å². The van der Waals surface area contributed by atoms with E-state index in [0.717, 1.165) is 11.3 Å². The Morgan fingerprint density at radius 3 is 2.17 bits per heavy atom. The zero-order valence-corrected chi connectivity index (χ0v) is 18.6. The summed E-state index contributed by atoms with van der Waals surface area (Å²) in [5.74, 6) is -0.784. The summed E-state index contributed by atoms with van der Waals surface area (Å²) in [5.41, 5.74) is 1.03. The van der Waals surface area contributed by atoms with Crippen LogP contribution in [0.4, 0.5) is 5.69 Å². The van der Waals surface area contributed by atoms with Gasteiger partial charge in [0, 0.05) is 24.3 Å². The second-order valence-electron chi connectivity index (χ2n) is 6.82. The molecule has 0 unspecified atom stereocenters. The molecular weight excluding hydrogens is 410 g/mol. The second-order valence-corrected chi connectivity index (χ2v) is 9.71. The highest BCUT2D eigenvalue weighted by atomic mass is 32.2. The van der Waals surface area contributed by atoms with Gasteiger partial charge in [0.1, 0.15) is 10.3 Å². The lowest BCUT2D eigenvalue weighted by molar-refractivity contribution is -0.118. The van der Waals surface area contributed by atoms with Crippen molar-refractivity contribution in [3.05, 3.63) is 47.3 Å². The zero-order valence-electron chi connectivity index (χ0n) is 17.0. The number of thiophene rings is 1. The molecule has 0 bridgehead atoms. The van der Waals surface area contributed by atoms with Crippen LogP contribution in [0.25, 0.3) is 0 Å². The number of carbonyl (C=O) groups is 2. The summed E-state index contributed by atoms with van der Waals surface area (Å²) in [7, 11) is -3.77. The molecule has 0 aliphatic carbocycles. The molecule has 0 aliphatic heterocycles. The predicted octanol–water partition coefficient (Wildman–Crippen LogP) is 3.17. The van der Waals surface area contributed by atoms with Crippen LogP contribution in [0, 0.1) is 5.92 Å². The second kappa shape index (κ2) is 10.00. The molecule has 1 atom stereocenters. The third-order valence-electron chi connectivity index (χ3n) is 4.44. The minimum absolute atomic E-state index is 0.0726. The normalized spacial score (nSPS) is 12.6. The summed E-state index contributed by atoms with van der Waals surface area (Å²) < 4.78 is 27.6. The average molecular weight is 438 g/mol. The van der Waals surface area contributed by atoms with E-state index < -0.39 is 22.0 Å². The lowest BCUT2D eigenvalue weighted by Gasteiger charge is -2.21. The van der Waals surface area contributed by atoms with Gasteiger partial charge in [0.15, 0.2) is 0 Å². The number of amides is 2. The molecule has 0 spiro atoms. The van der Waals surface area contributed by atoms with Crippen LogP contribution >= 0.6 is 11.3 Å². The van der Waals surface area contributed by atoms with Crippen molar-refractivity contribution in [2.75, 3.05) is 18.4 Å². The molecule has 0 saturated carbocycles. The minimum Gasteiger partial charge on any atom is -0.339 e. The van der Waals surface area contributed by atoms with E-state index in [-0.39, 0.29) is 16.0 Å². The molecule has 1 aromatic heterocycles. The lowest BCUT2D eigenvalue weighted by atomic mass is 10.0. The number of hydrogen-bond acceptors (Lipinski definition) is 5. The quantitative estimate of drug-likeness (QED) is 0.630. The molecule has 29 heavy (non-hydrogen) atoms. The summed E-state index contributed by atoms with van der Waals surface area (Å²) in [4.78, 5) is 26.8. The maximum absolute atomic E-state index is 12.7. The Morgan fingerprint density at radius 2 is 1.69 bits per heavy atom. The number of carbonyl (C=O) groups excluding carboxylic acids is 2. The first-order valence-corrected chi connectivity index (χ1v) is 11.8. The van der Waals surface area contributed by atoms with Gasteiger partial charge in [0.2, 0.25) is 5.91 Å². The molecule has 7 nitrogen and oxygen atoms in total. The van der Waals surface area contributed by atoms with Gasteiger partial charge in [-0.15, -0.1) is 11.3 Å². The maximum atomic E-state index is 12.7. The summed E-state index contributed by atoms with van der Waals surface area (Å²) in [5, 5.41) is 4.39. The maximum Gasteiger partial charge on any atom is 0.253 e. The molecule has 9 heteroatoms. The molecule has 0 radical (unpaired) electrons. The SMILES string of the molecule is CCN(CC)C(=O)c1ccc(NC(=O)[C@@H](NS(=O)(=O)c2cccs2)C(C)C)cc1. The van der Waals surface area contributed by atoms with E-state index in [2.05, 4.69) is 10.0 Å². The minimum atomic E-state index is -3.77. The van der Waals surface area contributed by atoms with Gasteiger partial charge in [-0.3, -0.25) is 9.59 Å². The van der Waals surface area contributed by atoms with Crippen LogP contribution in [0.3, 0.4) is 0 Å². The highest BCUT2D eigenvalue weighted by Gasteiger charge is 2.29. The summed E-state index contributed by atoms with van der Waals surface area (Å²) in [6, 6.07) is 8.78. The molecule has 1 heterocycles. The van der Waals surface area contributed by atoms with Crippen LogP contribution in [0.15, 0.2) is 46.0 Å². The zero-order chi connectivity index (χ0) is 21.6. The van der Waals surface area contributed by atoms with Crippen LogP contribution in [-0.2, 0) is 14.8 Å². The number of sulfonamides is 1. The topological polar surface area (TPSA) is 95.6 Å². The molecular formula is C20H27N3O4S2. The largest absolute Gasteiger partial charge is 0.339 e. The van der Waals surface area contributed by atoms with Crippen LogP contribution in [0.5, 0.6) is 0 Å². The first-order chi connectivity index (χ1) is 13.7. The van der Waals surface area contributed by atoms with E-state index in [1.54, 1.807) is 54.5 Å². The average Bonchev–Trinajstić information content (AvgIpc) is 3.23. The number of nitrogens with zero attached hydrogens (tertiary/aromatic N) is 1. The number of anilines is 1. The van der Waals surface area contributed by atoms with E-state index in [9.17, 15) is 18.0 Å². The van der Waals surface area contributed by atoms with Crippen molar-refractivity contribution in [3.63, 3.8) is 0 Å². The Labute approximate surface area is 176 Å². The number of rotatable bonds is 9. The van der Waals surface area contributed by atoms with Crippen molar-refractivity contribution in [2.45, 2.75) is 37.9 Å². The molecule has 2 N–H and O–H groups in total. The van der Waals surface area contributed by atoms with Crippen molar-refractivity contribution in [3.8, 4) is 0 Å². The summed E-state index contributed by atoms with van der Waals surface area (Å²) >= 11 is 1.09. The Balaban J connectivity index is 2.11. The number of nitrogens with one attached hydrogen (secondary N) is 2. The predicted molar refractivity (Wildman–Crippen MR) is 116 cm³/mol. The van der Waals surface area contributed by atoms with Gasteiger partial charge >= 0.3 is 0 Å². The lowest BCUT2D eigenvalue weighted by Crippen LogP contribution is -2.46. The molecule has 0 fully saturated rings. The Morgan fingerprint density at radius 1 is 1.07 bits per heavy atom. The fraction of sp³-hybridized carbons (Fsp3) is 0.400. The van der Waals surface area contributed by atoms with Gasteiger partial charge in [-0.25, -0.2) is 8.42 Å². The van der Waals surface area contributed by atoms with Gasteiger partial charge in [0.05, 0.1) is 0 Å². The molecule has 2 rings (SSSR count). The number of hydrogen-bond donors (Lipinski definition) is 2. The fourth-order valence-electron chi connectivity index (χ4n) is 2.74. The van der Waals surface area contributed by atoms with E-state index in [1.807, 2.05) is 13.8 Å². The number of benzene rings is 1. The molecule has 0 saturated heterocycles. The molecule has 2 aromatic rings. The van der Waals surface area contributed by atoms with Gasteiger partial charge in [0.25, 0.3) is 15.9 Å². The van der Waals surface area contributed by atoms with Crippen LogP contribution in [0.2, 0.25) is 0 Å². The molecule has 158 valence electrons. The smallest absolute Gasteiger partial charge is 0.253 e. The highest BCUT2D eigenvalue weighted by molar-refractivity contribution is 7.91. The Hall–Kier alpha value is -2.23.